The van der Waals surface area contributed by atoms with E-state index in [0.717, 1.165) is 15.4 Å². The van der Waals surface area contributed by atoms with E-state index in [2.05, 4.69) is 21.2 Å². The molecule has 0 spiro atoms. The van der Waals surface area contributed by atoms with Crippen molar-refractivity contribution in [3.63, 3.8) is 0 Å². The largest absolute Gasteiger partial charge is 0.416 e. The summed E-state index contributed by atoms with van der Waals surface area (Å²) in [5.74, 6) is 0. The summed E-state index contributed by atoms with van der Waals surface area (Å²) in [6.45, 7) is 2.29. The smallest absolute Gasteiger partial charge is 0.372 e. The maximum atomic E-state index is 13.3. The average molecular weight is 535 g/mol. The highest BCUT2D eigenvalue weighted by molar-refractivity contribution is 9.10. The van der Waals surface area contributed by atoms with Crippen molar-refractivity contribution in [1.82, 2.24) is 4.57 Å². The molecule has 1 atom stereocenters. The van der Waals surface area contributed by atoms with Crippen LogP contribution in [0.15, 0.2) is 40.9 Å². The summed E-state index contributed by atoms with van der Waals surface area (Å²) in [6, 6.07) is 5.29. The van der Waals surface area contributed by atoms with Crippen LogP contribution in [-0.4, -0.2) is 17.2 Å². The molecule has 3 aromatic rings. The molecule has 176 valence electrons. The van der Waals surface area contributed by atoms with Crippen LogP contribution in [0.5, 0.6) is 0 Å². The molecule has 0 radical (unpaired) electrons. The van der Waals surface area contributed by atoms with Gasteiger partial charge >= 0.3 is 18.4 Å². The standard InChI is InChI=1S/C22H17BrF6N2O2/c1-2-18-19-15(5-6-33-18)16-10-13(23)3-4-17(16)31(19)20(32)30-14-8-11(21(24,25)26)7-12(9-14)22(27,28)29/h3-4,7-10,18H,2,5-6H2,1H3,(H,30,32)/t18-/m0/s1. The molecular formula is C22H17BrF6N2O2. The fourth-order valence-corrected chi connectivity index (χ4v) is 4.43. The van der Waals surface area contributed by atoms with Crippen molar-refractivity contribution in [3.05, 3.63) is 63.3 Å². The van der Waals surface area contributed by atoms with Crippen molar-refractivity contribution in [2.45, 2.75) is 38.2 Å². The number of nitrogens with zero attached hydrogens (tertiary/aromatic N) is 1. The van der Waals surface area contributed by atoms with E-state index in [9.17, 15) is 31.1 Å². The summed E-state index contributed by atoms with van der Waals surface area (Å²) in [7, 11) is 0. The van der Waals surface area contributed by atoms with Crippen molar-refractivity contribution in [1.29, 1.82) is 0 Å². The van der Waals surface area contributed by atoms with E-state index < -0.39 is 41.3 Å². The molecule has 33 heavy (non-hydrogen) atoms. The van der Waals surface area contributed by atoms with Crippen LogP contribution >= 0.6 is 15.9 Å². The lowest BCUT2D eigenvalue weighted by Crippen LogP contribution is -2.26. The summed E-state index contributed by atoms with van der Waals surface area (Å²) in [6.07, 6.45) is -9.45. The van der Waals surface area contributed by atoms with Gasteiger partial charge in [0.15, 0.2) is 0 Å². The molecule has 1 amide bonds. The SMILES string of the molecule is CC[C@@H]1OCCc2c1n(C(=O)Nc1cc(C(F)(F)F)cc(C(F)(F)F)c1)c1ccc(Br)cc21. The molecule has 0 saturated heterocycles. The normalized spacial score (nSPS) is 16.7. The lowest BCUT2D eigenvalue weighted by atomic mass is 10.0. The Kier molecular flexibility index (Phi) is 5.98. The van der Waals surface area contributed by atoms with Gasteiger partial charge in [-0.1, -0.05) is 22.9 Å². The highest BCUT2D eigenvalue weighted by atomic mass is 79.9. The van der Waals surface area contributed by atoms with E-state index in [1.807, 2.05) is 13.0 Å². The summed E-state index contributed by atoms with van der Waals surface area (Å²) < 4.78 is 87.1. The van der Waals surface area contributed by atoms with Gasteiger partial charge < -0.3 is 10.1 Å². The van der Waals surface area contributed by atoms with E-state index in [1.54, 1.807) is 12.1 Å². The quantitative estimate of drug-likeness (QED) is 0.345. The molecule has 2 heterocycles. The van der Waals surface area contributed by atoms with Crippen molar-refractivity contribution < 1.29 is 35.9 Å². The molecule has 1 aliphatic heterocycles. The monoisotopic (exact) mass is 534 g/mol. The van der Waals surface area contributed by atoms with Crippen molar-refractivity contribution >= 4 is 38.6 Å². The van der Waals surface area contributed by atoms with Crippen molar-refractivity contribution in [2.75, 3.05) is 11.9 Å². The fourth-order valence-electron chi connectivity index (χ4n) is 4.07. The first-order valence-electron chi connectivity index (χ1n) is 9.95. The number of nitrogens with one attached hydrogen (secondary N) is 1. The fraction of sp³-hybridized carbons (Fsp3) is 0.318. The third-order valence-electron chi connectivity index (χ3n) is 5.46. The predicted octanol–water partition coefficient (Wildman–Crippen LogP) is 7.55. The van der Waals surface area contributed by atoms with E-state index in [0.29, 0.717) is 42.8 Å². The van der Waals surface area contributed by atoms with E-state index in [1.165, 1.54) is 4.57 Å². The highest BCUT2D eigenvalue weighted by Crippen LogP contribution is 2.40. The van der Waals surface area contributed by atoms with Crippen LogP contribution in [0, 0.1) is 0 Å². The number of fused-ring (bicyclic) bond motifs is 3. The first kappa shape index (κ1) is 23.6. The van der Waals surface area contributed by atoms with Gasteiger partial charge in [-0.2, -0.15) is 26.3 Å². The van der Waals surface area contributed by atoms with Crippen molar-refractivity contribution in [3.8, 4) is 0 Å². The van der Waals surface area contributed by atoms with E-state index in [-0.39, 0.29) is 6.07 Å². The number of hydrogen-bond donors (Lipinski definition) is 1. The number of anilines is 1. The molecule has 11 heteroatoms. The van der Waals surface area contributed by atoms with Gasteiger partial charge in [-0.15, -0.1) is 0 Å². The maximum Gasteiger partial charge on any atom is 0.416 e. The summed E-state index contributed by atoms with van der Waals surface area (Å²) >= 11 is 3.39. The average Bonchev–Trinajstić information content (AvgIpc) is 3.06. The second-order valence-electron chi connectivity index (χ2n) is 7.60. The molecule has 4 rings (SSSR count). The molecule has 1 aliphatic rings. The number of ether oxygens (including phenoxy) is 1. The molecule has 0 unspecified atom stereocenters. The number of carbonyl (C=O) groups excluding carboxylic acids is 1. The Morgan fingerprint density at radius 2 is 1.73 bits per heavy atom. The highest BCUT2D eigenvalue weighted by Gasteiger charge is 2.37. The van der Waals surface area contributed by atoms with Gasteiger partial charge in [0.25, 0.3) is 0 Å². The number of halogens is 7. The minimum Gasteiger partial charge on any atom is -0.372 e. The Hall–Kier alpha value is -2.53. The second kappa shape index (κ2) is 8.35. The van der Waals surface area contributed by atoms with Crippen LogP contribution in [0.1, 0.15) is 41.8 Å². The third-order valence-corrected chi connectivity index (χ3v) is 5.96. The zero-order valence-electron chi connectivity index (χ0n) is 17.1. The zero-order chi connectivity index (χ0) is 24.1. The Morgan fingerprint density at radius 1 is 1.09 bits per heavy atom. The first-order valence-corrected chi connectivity index (χ1v) is 10.7. The molecule has 2 aromatic carbocycles. The van der Waals surface area contributed by atoms with E-state index in [4.69, 9.17) is 4.74 Å². The summed E-state index contributed by atoms with van der Waals surface area (Å²) in [4.78, 5) is 13.3. The molecule has 0 saturated carbocycles. The number of benzene rings is 2. The minimum atomic E-state index is -5.02. The summed E-state index contributed by atoms with van der Waals surface area (Å²) in [5, 5.41) is 2.99. The molecular weight excluding hydrogens is 518 g/mol. The number of aromatic nitrogens is 1. The van der Waals surface area contributed by atoms with Gasteiger partial charge in [-0.3, -0.25) is 4.57 Å². The molecule has 4 nitrogen and oxygen atoms in total. The lowest BCUT2D eigenvalue weighted by Gasteiger charge is -2.25. The van der Waals surface area contributed by atoms with Gasteiger partial charge in [0.1, 0.15) is 0 Å². The van der Waals surface area contributed by atoms with Crippen LogP contribution < -0.4 is 5.32 Å². The predicted molar refractivity (Wildman–Crippen MR) is 113 cm³/mol. The molecule has 1 aromatic heterocycles. The molecule has 1 N–H and O–H groups in total. The Labute approximate surface area is 192 Å². The number of rotatable bonds is 2. The van der Waals surface area contributed by atoms with Crippen LogP contribution in [-0.2, 0) is 23.5 Å². The molecule has 0 bridgehead atoms. The Balaban J connectivity index is 1.84. The maximum absolute atomic E-state index is 13.3. The third kappa shape index (κ3) is 4.48. The van der Waals surface area contributed by atoms with Crippen LogP contribution in [0.25, 0.3) is 10.9 Å². The minimum absolute atomic E-state index is 0.0149. The number of amides is 1. The first-order chi connectivity index (χ1) is 15.4. The summed E-state index contributed by atoms with van der Waals surface area (Å²) in [5.41, 5.74) is -1.75. The van der Waals surface area contributed by atoms with Crippen molar-refractivity contribution in [2.24, 2.45) is 0 Å². The van der Waals surface area contributed by atoms with Gasteiger partial charge in [0.2, 0.25) is 0 Å². The molecule has 0 fully saturated rings. The Morgan fingerprint density at radius 3 is 2.30 bits per heavy atom. The van der Waals surface area contributed by atoms with E-state index >= 15 is 0 Å². The molecule has 0 aliphatic carbocycles. The van der Waals surface area contributed by atoms with Gasteiger partial charge in [0.05, 0.1) is 35.0 Å². The Bertz CT molecular complexity index is 1200. The lowest BCUT2D eigenvalue weighted by molar-refractivity contribution is -0.143. The van der Waals surface area contributed by atoms with Crippen LogP contribution in [0.2, 0.25) is 0 Å². The van der Waals surface area contributed by atoms with Gasteiger partial charge in [-0.25, -0.2) is 4.79 Å². The number of carbonyl (C=O) groups is 1. The number of alkyl halides is 6. The zero-order valence-corrected chi connectivity index (χ0v) is 18.7. The topological polar surface area (TPSA) is 43.3 Å². The van der Waals surface area contributed by atoms with Gasteiger partial charge in [0, 0.05) is 15.5 Å². The van der Waals surface area contributed by atoms with Gasteiger partial charge in [-0.05, 0) is 54.8 Å². The van der Waals surface area contributed by atoms with Crippen LogP contribution in [0.4, 0.5) is 36.8 Å². The second-order valence-corrected chi connectivity index (χ2v) is 8.52. The van der Waals surface area contributed by atoms with Crippen LogP contribution in [0.3, 0.4) is 0 Å². The number of hydrogen-bond acceptors (Lipinski definition) is 2.